The molecule has 1 atom stereocenters. The van der Waals surface area contributed by atoms with Crippen LogP contribution in [-0.2, 0) is 4.74 Å². The zero-order valence-corrected chi connectivity index (χ0v) is 26.9. The van der Waals surface area contributed by atoms with Gasteiger partial charge in [0, 0.05) is 6.42 Å². The average molecular weight is 533 g/mol. The van der Waals surface area contributed by atoms with E-state index >= 15 is 0 Å². The van der Waals surface area contributed by atoms with Crippen molar-refractivity contribution in [2.24, 2.45) is 0 Å². The van der Waals surface area contributed by atoms with Crippen molar-refractivity contribution < 1.29 is 9.22 Å². The van der Waals surface area contributed by atoms with Gasteiger partial charge in [0.2, 0.25) is 0 Å². The summed E-state index contributed by atoms with van der Waals surface area (Å²) in [5.74, 6) is 0. The van der Waals surface area contributed by atoms with Gasteiger partial charge in [0.05, 0.1) is 40.4 Å². The van der Waals surface area contributed by atoms with Gasteiger partial charge in [-0.1, -0.05) is 120 Å². The molecule has 0 radical (unpaired) electrons. The van der Waals surface area contributed by atoms with Crippen molar-refractivity contribution in [3.8, 4) is 0 Å². The van der Waals surface area contributed by atoms with E-state index in [4.69, 9.17) is 4.74 Å². The molecule has 0 bridgehead atoms. The fourth-order valence-electron chi connectivity index (χ4n) is 4.97. The van der Waals surface area contributed by atoms with Crippen LogP contribution in [-0.4, -0.2) is 44.9 Å². The second-order valence-corrected chi connectivity index (χ2v) is 12.5. The van der Waals surface area contributed by atoms with E-state index < -0.39 is 0 Å². The molecule has 0 heterocycles. The number of unbranched alkanes of at least 4 members (excludes halogenated alkanes) is 15. The summed E-state index contributed by atoms with van der Waals surface area (Å²) in [4.78, 5) is 0. The van der Waals surface area contributed by atoms with Crippen molar-refractivity contribution in [2.75, 3.05) is 34.3 Å². The normalized spacial score (nSPS) is 13.5. The predicted molar refractivity (Wildman–Crippen MR) is 173 cm³/mol. The first kappa shape index (κ1) is 37.1. The Bertz CT molecular complexity index is 542. The molecule has 0 aromatic heterocycles. The molecule has 0 saturated carbocycles. The van der Waals surface area contributed by atoms with Gasteiger partial charge in [-0.2, -0.15) is 0 Å². The van der Waals surface area contributed by atoms with E-state index in [0.29, 0.717) is 6.10 Å². The molecule has 2 nitrogen and oxygen atoms in total. The summed E-state index contributed by atoms with van der Waals surface area (Å²) >= 11 is 0. The van der Waals surface area contributed by atoms with Crippen LogP contribution in [0.2, 0.25) is 0 Å². The molecule has 1 unspecified atom stereocenters. The number of ether oxygens (including phenoxy) is 1. The lowest BCUT2D eigenvalue weighted by atomic mass is 10.0. The molecule has 0 aromatic rings. The Hall–Kier alpha value is -0.860. The Morgan fingerprint density at radius 1 is 0.553 bits per heavy atom. The minimum atomic E-state index is 0.489. The molecule has 0 amide bonds. The Morgan fingerprint density at radius 2 is 1.03 bits per heavy atom. The molecule has 0 spiro atoms. The SMILES string of the molecule is CC=CCCCCCCCCC(CCCCCCCCC=CCC=CCCCCC)OCCC[N+](C)(C)C. The minimum absolute atomic E-state index is 0.489. The first-order valence-electron chi connectivity index (χ1n) is 16.8. The lowest BCUT2D eigenvalue weighted by Gasteiger charge is -2.24. The second kappa shape index (κ2) is 29.1. The predicted octanol–water partition coefficient (Wildman–Crippen LogP) is 11.4. The monoisotopic (exact) mass is 533 g/mol. The summed E-state index contributed by atoms with van der Waals surface area (Å²) in [6.07, 6.45) is 43.5. The Kier molecular flexibility index (Phi) is 28.5. The van der Waals surface area contributed by atoms with Gasteiger partial charge in [0.15, 0.2) is 0 Å². The van der Waals surface area contributed by atoms with Crippen LogP contribution in [0.3, 0.4) is 0 Å². The van der Waals surface area contributed by atoms with E-state index in [1.807, 2.05) is 0 Å². The summed E-state index contributed by atoms with van der Waals surface area (Å²) in [5.41, 5.74) is 0. The van der Waals surface area contributed by atoms with Gasteiger partial charge in [-0.3, -0.25) is 0 Å². The van der Waals surface area contributed by atoms with Crippen LogP contribution < -0.4 is 0 Å². The number of nitrogens with zero attached hydrogens (tertiary/aromatic N) is 1. The maximum absolute atomic E-state index is 6.40. The highest BCUT2D eigenvalue weighted by atomic mass is 16.5. The van der Waals surface area contributed by atoms with E-state index in [2.05, 4.69) is 71.4 Å². The molecule has 0 aliphatic heterocycles. The van der Waals surface area contributed by atoms with Crippen molar-refractivity contribution in [3.63, 3.8) is 0 Å². The van der Waals surface area contributed by atoms with E-state index in [1.54, 1.807) is 0 Å². The number of hydrogen-bond donors (Lipinski definition) is 0. The largest absolute Gasteiger partial charge is 0.378 e. The number of quaternary nitrogens is 1. The fraction of sp³-hybridized carbons (Fsp3) is 0.833. The average Bonchev–Trinajstić information content (AvgIpc) is 2.88. The van der Waals surface area contributed by atoms with E-state index in [0.717, 1.165) is 17.5 Å². The van der Waals surface area contributed by atoms with Crippen LogP contribution in [0.4, 0.5) is 0 Å². The van der Waals surface area contributed by atoms with Gasteiger partial charge in [0.25, 0.3) is 0 Å². The third-order valence-corrected chi connectivity index (χ3v) is 7.44. The molecule has 0 rings (SSSR count). The summed E-state index contributed by atoms with van der Waals surface area (Å²) in [6.45, 7) is 6.53. The molecular weight excluding hydrogens is 462 g/mol. The van der Waals surface area contributed by atoms with E-state index in [-0.39, 0.29) is 0 Å². The van der Waals surface area contributed by atoms with Gasteiger partial charge >= 0.3 is 0 Å². The van der Waals surface area contributed by atoms with Gasteiger partial charge in [0.1, 0.15) is 0 Å². The zero-order valence-electron chi connectivity index (χ0n) is 26.9. The van der Waals surface area contributed by atoms with Gasteiger partial charge in [-0.15, -0.1) is 0 Å². The zero-order chi connectivity index (χ0) is 28.0. The third-order valence-electron chi connectivity index (χ3n) is 7.44. The van der Waals surface area contributed by atoms with Crippen LogP contribution in [0.15, 0.2) is 36.5 Å². The van der Waals surface area contributed by atoms with Crippen molar-refractivity contribution in [1.29, 1.82) is 0 Å². The van der Waals surface area contributed by atoms with Gasteiger partial charge in [-0.25, -0.2) is 0 Å². The highest BCUT2D eigenvalue weighted by Gasteiger charge is 2.11. The first-order chi connectivity index (χ1) is 18.5. The molecule has 0 aromatic carbocycles. The highest BCUT2D eigenvalue weighted by molar-refractivity contribution is 4.92. The van der Waals surface area contributed by atoms with Crippen LogP contribution >= 0.6 is 0 Å². The molecular formula is C36H70NO+. The van der Waals surface area contributed by atoms with Gasteiger partial charge < -0.3 is 9.22 Å². The molecule has 2 heteroatoms. The fourth-order valence-corrected chi connectivity index (χ4v) is 4.97. The van der Waals surface area contributed by atoms with Gasteiger partial charge in [-0.05, 0) is 64.7 Å². The van der Waals surface area contributed by atoms with Crippen LogP contribution in [0, 0.1) is 0 Å². The molecule has 0 aliphatic rings. The molecule has 38 heavy (non-hydrogen) atoms. The Balaban J connectivity index is 3.87. The molecule has 224 valence electrons. The third kappa shape index (κ3) is 31.4. The first-order valence-corrected chi connectivity index (χ1v) is 16.8. The van der Waals surface area contributed by atoms with Crippen LogP contribution in [0.5, 0.6) is 0 Å². The molecule has 0 fully saturated rings. The number of hydrogen-bond acceptors (Lipinski definition) is 1. The van der Waals surface area contributed by atoms with Crippen molar-refractivity contribution in [2.45, 2.75) is 161 Å². The smallest absolute Gasteiger partial charge is 0.0802 e. The lowest BCUT2D eigenvalue weighted by Crippen LogP contribution is -2.36. The quantitative estimate of drug-likeness (QED) is 0.0528. The maximum atomic E-state index is 6.40. The molecule has 0 aliphatic carbocycles. The van der Waals surface area contributed by atoms with Crippen LogP contribution in [0.25, 0.3) is 0 Å². The van der Waals surface area contributed by atoms with E-state index in [1.165, 1.54) is 141 Å². The topological polar surface area (TPSA) is 9.23 Å². The molecule has 0 N–H and O–H groups in total. The lowest BCUT2D eigenvalue weighted by molar-refractivity contribution is -0.870. The maximum Gasteiger partial charge on any atom is 0.0802 e. The van der Waals surface area contributed by atoms with E-state index in [9.17, 15) is 0 Å². The molecule has 0 saturated heterocycles. The Morgan fingerprint density at radius 3 is 1.53 bits per heavy atom. The summed E-state index contributed by atoms with van der Waals surface area (Å²) < 4.78 is 7.44. The number of rotatable bonds is 29. The minimum Gasteiger partial charge on any atom is -0.378 e. The standard InChI is InChI=1S/C36H70NO/c1-6-8-10-12-14-16-17-18-19-20-21-22-24-26-28-30-33-36(38-35-31-34-37(3,4)5)32-29-27-25-23-15-13-11-9-7-2/h7,9,14,16,18-19,36H,6,8,10-13,15,17,20-35H2,1-5H3/q+1. The second-order valence-electron chi connectivity index (χ2n) is 12.5. The van der Waals surface area contributed by atoms with Crippen molar-refractivity contribution in [1.82, 2.24) is 0 Å². The summed E-state index contributed by atoms with van der Waals surface area (Å²) in [6, 6.07) is 0. The summed E-state index contributed by atoms with van der Waals surface area (Å²) in [7, 11) is 6.83. The highest BCUT2D eigenvalue weighted by Crippen LogP contribution is 2.18. The Labute approximate surface area is 241 Å². The number of allylic oxidation sites excluding steroid dienone is 6. The van der Waals surface area contributed by atoms with Crippen molar-refractivity contribution >= 4 is 0 Å². The van der Waals surface area contributed by atoms with Crippen LogP contribution in [0.1, 0.15) is 155 Å². The summed E-state index contributed by atoms with van der Waals surface area (Å²) in [5, 5.41) is 0. The van der Waals surface area contributed by atoms with Crippen molar-refractivity contribution in [3.05, 3.63) is 36.5 Å².